The Morgan fingerprint density at radius 1 is 0.957 bits per heavy atom. The van der Waals surface area contributed by atoms with Gasteiger partial charge in [-0.15, -0.1) is 11.3 Å². The van der Waals surface area contributed by atoms with Crippen LogP contribution >= 0.6 is 23.6 Å². The highest BCUT2D eigenvalue weighted by Crippen LogP contribution is 2.23. The molecule has 0 saturated carbocycles. The number of nitrogens with zero attached hydrogens (tertiary/aromatic N) is 1. The van der Waals surface area contributed by atoms with Crippen LogP contribution in [0.15, 0.2) is 53.9 Å². The van der Waals surface area contributed by atoms with E-state index in [4.69, 9.17) is 12.2 Å². The number of halogens is 2. The summed E-state index contributed by atoms with van der Waals surface area (Å²) in [6, 6.07) is 13.7. The summed E-state index contributed by atoms with van der Waals surface area (Å²) in [5.41, 5.74) is 1.76. The van der Waals surface area contributed by atoms with Crippen LogP contribution in [0.3, 0.4) is 0 Å². The Bertz CT molecular complexity index is 836. The van der Waals surface area contributed by atoms with Crippen molar-refractivity contribution in [3.8, 4) is 5.69 Å². The molecule has 0 aliphatic heterocycles. The maximum Gasteiger partial charge on any atom is 0.166 e. The molecule has 1 heterocycles. The van der Waals surface area contributed by atoms with Crippen molar-refractivity contribution in [2.45, 2.75) is 13.1 Å². The van der Waals surface area contributed by atoms with Crippen molar-refractivity contribution in [1.29, 1.82) is 0 Å². The monoisotopic (exact) mass is 348 g/mol. The largest absolute Gasteiger partial charge is 0.307 e. The van der Waals surface area contributed by atoms with Crippen LogP contribution in [0.1, 0.15) is 11.3 Å². The van der Waals surface area contributed by atoms with Gasteiger partial charge in [0.15, 0.2) is 3.95 Å². The average Bonchev–Trinajstić information content (AvgIpc) is 2.90. The van der Waals surface area contributed by atoms with Crippen LogP contribution in [0.25, 0.3) is 5.69 Å². The third-order valence-corrected chi connectivity index (χ3v) is 4.65. The van der Waals surface area contributed by atoms with Gasteiger partial charge < -0.3 is 5.32 Å². The molecule has 0 radical (unpaired) electrons. The maximum atomic E-state index is 14.0. The second-order valence-electron chi connectivity index (χ2n) is 4.99. The first-order chi connectivity index (χ1) is 11.2. The van der Waals surface area contributed by atoms with Crippen molar-refractivity contribution < 1.29 is 8.78 Å². The van der Waals surface area contributed by atoms with E-state index in [9.17, 15) is 8.78 Å². The summed E-state index contributed by atoms with van der Waals surface area (Å²) in [4.78, 5) is 0. The highest BCUT2D eigenvalue weighted by molar-refractivity contribution is 7.73. The Morgan fingerprint density at radius 3 is 2.35 bits per heavy atom. The molecule has 1 aromatic heterocycles. The van der Waals surface area contributed by atoms with Crippen molar-refractivity contribution >= 4 is 23.6 Å². The number of benzene rings is 2. The molecular formula is C17H14F2N2S2. The molecular weight excluding hydrogens is 334 g/mol. The van der Waals surface area contributed by atoms with Gasteiger partial charge in [0.25, 0.3) is 0 Å². The number of rotatable bonds is 5. The van der Waals surface area contributed by atoms with E-state index in [1.54, 1.807) is 0 Å². The van der Waals surface area contributed by atoms with Gasteiger partial charge in [0.2, 0.25) is 0 Å². The molecule has 3 aromatic rings. The van der Waals surface area contributed by atoms with E-state index in [1.165, 1.54) is 34.1 Å². The summed E-state index contributed by atoms with van der Waals surface area (Å²) < 4.78 is 30.0. The van der Waals surface area contributed by atoms with E-state index in [1.807, 2.05) is 35.7 Å². The molecule has 0 fully saturated rings. The van der Waals surface area contributed by atoms with E-state index >= 15 is 0 Å². The minimum Gasteiger partial charge on any atom is -0.307 e. The van der Waals surface area contributed by atoms with Gasteiger partial charge in [0.05, 0.1) is 0 Å². The Kier molecular flexibility index (Phi) is 4.95. The number of nitrogens with one attached hydrogen (secondary N) is 1. The van der Waals surface area contributed by atoms with Crippen molar-refractivity contribution in [3.63, 3.8) is 0 Å². The van der Waals surface area contributed by atoms with Crippen molar-refractivity contribution in [1.82, 2.24) is 9.88 Å². The Morgan fingerprint density at radius 2 is 1.65 bits per heavy atom. The van der Waals surface area contributed by atoms with Crippen LogP contribution in [0.2, 0.25) is 0 Å². The zero-order chi connectivity index (χ0) is 16.2. The van der Waals surface area contributed by atoms with Gasteiger partial charge in [-0.25, -0.2) is 8.78 Å². The van der Waals surface area contributed by atoms with Gasteiger partial charge in [-0.2, -0.15) is 0 Å². The lowest BCUT2D eigenvalue weighted by Gasteiger charge is -2.11. The quantitative estimate of drug-likeness (QED) is 0.665. The zero-order valence-electron chi connectivity index (χ0n) is 12.1. The predicted octanol–water partition coefficient (Wildman–Crippen LogP) is 4.84. The minimum atomic E-state index is -0.621. The second kappa shape index (κ2) is 7.12. The Labute approximate surface area is 142 Å². The molecule has 0 amide bonds. The zero-order valence-corrected chi connectivity index (χ0v) is 13.8. The van der Waals surface area contributed by atoms with Crippen LogP contribution in [0.4, 0.5) is 8.78 Å². The van der Waals surface area contributed by atoms with Crippen LogP contribution in [0, 0.1) is 15.6 Å². The minimum absolute atomic E-state index is 0.115. The first kappa shape index (κ1) is 16.0. The van der Waals surface area contributed by atoms with Gasteiger partial charge in [-0.05, 0) is 29.9 Å². The van der Waals surface area contributed by atoms with E-state index in [0.29, 0.717) is 17.0 Å². The summed E-state index contributed by atoms with van der Waals surface area (Å²) in [7, 11) is 0. The van der Waals surface area contributed by atoms with Gasteiger partial charge in [-0.1, -0.05) is 36.4 Å². The Hall–Kier alpha value is -1.89. The smallest absolute Gasteiger partial charge is 0.166 e. The molecule has 0 spiro atoms. The summed E-state index contributed by atoms with van der Waals surface area (Å²) in [6.07, 6.45) is 0. The maximum absolute atomic E-state index is 14.0. The van der Waals surface area contributed by atoms with Crippen molar-refractivity contribution in [2.24, 2.45) is 0 Å². The Balaban J connectivity index is 1.84. The van der Waals surface area contributed by atoms with Crippen molar-refractivity contribution in [2.75, 3.05) is 0 Å². The normalized spacial score (nSPS) is 10.9. The molecule has 1 N–H and O–H groups in total. The van der Waals surface area contributed by atoms with Crippen LogP contribution in [0.5, 0.6) is 0 Å². The highest BCUT2D eigenvalue weighted by atomic mass is 32.1. The van der Waals surface area contributed by atoms with Gasteiger partial charge in [-0.3, -0.25) is 4.57 Å². The molecule has 6 heteroatoms. The molecule has 2 aromatic carbocycles. The summed E-state index contributed by atoms with van der Waals surface area (Å²) >= 11 is 6.53. The van der Waals surface area contributed by atoms with Gasteiger partial charge >= 0.3 is 0 Å². The van der Waals surface area contributed by atoms with E-state index in [2.05, 4.69) is 5.32 Å². The van der Waals surface area contributed by atoms with Crippen LogP contribution < -0.4 is 5.32 Å². The molecule has 0 aliphatic rings. The fraction of sp³-hybridized carbons (Fsp3) is 0.118. The predicted molar refractivity (Wildman–Crippen MR) is 91.4 cm³/mol. The fourth-order valence-corrected chi connectivity index (χ4v) is 3.42. The average molecular weight is 348 g/mol. The lowest BCUT2D eigenvalue weighted by Crippen LogP contribution is -2.16. The molecule has 3 rings (SSSR count). The number of para-hydroxylation sites is 1. The number of hydrogen-bond acceptors (Lipinski definition) is 3. The molecule has 23 heavy (non-hydrogen) atoms. The number of hydrogen-bond donors (Lipinski definition) is 1. The third-order valence-electron chi connectivity index (χ3n) is 3.40. The molecule has 0 unspecified atom stereocenters. The van der Waals surface area contributed by atoms with Gasteiger partial charge in [0.1, 0.15) is 17.3 Å². The highest BCUT2D eigenvalue weighted by Gasteiger charge is 2.15. The van der Waals surface area contributed by atoms with Gasteiger partial charge in [0, 0.05) is 24.2 Å². The lowest BCUT2D eigenvalue weighted by molar-refractivity contribution is 0.562. The van der Waals surface area contributed by atoms with Crippen LogP contribution in [-0.4, -0.2) is 4.57 Å². The van der Waals surface area contributed by atoms with Crippen molar-refractivity contribution in [3.05, 3.63) is 80.8 Å². The number of thiazole rings is 1. The second-order valence-corrected chi connectivity index (χ2v) is 6.49. The first-order valence-electron chi connectivity index (χ1n) is 7.05. The SMILES string of the molecule is Fc1cccc(F)c1-n1c(CNCc2ccccc2)csc1=S. The molecule has 118 valence electrons. The number of aromatic nitrogens is 1. The first-order valence-corrected chi connectivity index (χ1v) is 8.34. The summed E-state index contributed by atoms with van der Waals surface area (Å²) in [5.74, 6) is -1.24. The lowest BCUT2D eigenvalue weighted by atomic mass is 10.2. The molecule has 0 atom stereocenters. The topological polar surface area (TPSA) is 17.0 Å². The summed E-state index contributed by atoms with van der Waals surface area (Å²) in [5, 5.41) is 5.10. The van der Waals surface area contributed by atoms with E-state index in [-0.39, 0.29) is 5.69 Å². The third kappa shape index (κ3) is 3.55. The van der Waals surface area contributed by atoms with Crippen LogP contribution in [-0.2, 0) is 13.1 Å². The fourth-order valence-electron chi connectivity index (χ4n) is 2.33. The molecule has 2 nitrogen and oxygen atoms in total. The van der Waals surface area contributed by atoms with E-state index < -0.39 is 11.6 Å². The standard InChI is InChI=1S/C17H14F2N2S2/c18-14-7-4-8-15(19)16(14)21-13(11-23-17(21)22)10-20-9-12-5-2-1-3-6-12/h1-8,11,20H,9-10H2. The molecule has 0 saturated heterocycles. The molecule has 0 bridgehead atoms. The van der Waals surface area contributed by atoms with E-state index in [0.717, 1.165) is 11.3 Å². The summed E-state index contributed by atoms with van der Waals surface area (Å²) in [6.45, 7) is 1.14. The molecule has 0 aliphatic carbocycles.